The van der Waals surface area contributed by atoms with Crippen LogP contribution in [0, 0.1) is 0 Å². The van der Waals surface area contributed by atoms with E-state index in [0.29, 0.717) is 6.61 Å². The Morgan fingerprint density at radius 1 is 1.36 bits per heavy atom. The maximum absolute atomic E-state index is 12.8. The van der Waals surface area contributed by atoms with Gasteiger partial charge < -0.3 is 9.72 Å². The van der Waals surface area contributed by atoms with E-state index in [1.165, 1.54) is 23.3 Å². The smallest absolute Gasteiger partial charge is 0.266 e. The van der Waals surface area contributed by atoms with Gasteiger partial charge in [-0.2, -0.15) is 5.10 Å². The van der Waals surface area contributed by atoms with Crippen LogP contribution in [0.5, 0.6) is 5.75 Å². The van der Waals surface area contributed by atoms with Gasteiger partial charge in [-0.3, -0.25) is 14.8 Å². The van der Waals surface area contributed by atoms with E-state index in [9.17, 15) is 4.79 Å². The summed E-state index contributed by atoms with van der Waals surface area (Å²) in [7, 11) is 0. The summed E-state index contributed by atoms with van der Waals surface area (Å²) in [4.78, 5) is 19.4. The number of pyridine rings is 1. The molecule has 1 atom stereocenters. The number of aryl methyl sites for hydroxylation is 1. The molecule has 5 heterocycles. The molecule has 0 aliphatic carbocycles. The maximum atomic E-state index is 12.8. The van der Waals surface area contributed by atoms with Gasteiger partial charge in [0.15, 0.2) is 0 Å². The van der Waals surface area contributed by atoms with Gasteiger partial charge in [0.2, 0.25) is 0 Å². The normalized spacial score (nSPS) is 18.6. The van der Waals surface area contributed by atoms with Crippen LogP contribution in [-0.2, 0) is 6.42 Å². The zero-order chi connectivity index (χ0) is 17.0. The second-order valence-electron chi connectivity index (χ2n) is 6.82. The second-order valence-corrected chi connectivity index (χ2v) is 7.84. The first kappa shape index (κ1) is 15.2. The van der Waals surface area contributed by atoms with Crippen molar-refractivity contribution in [1.82, 2.24) is 20.1 Å². The highest BCUT2D eigenvalue weighted by Gasteiger charge is 2.29. The van der Waals surface area contributed by atoms with Crippen molar-refractivity contribution >= 4 is 21.4 Å². The molecule has 0 unspecified atom stereocenters. The lowest BCUT2D eigenvalue weighted by Gasteiger charge is -2.37. The number of ether oxygens (including phenoxy) is 1. The Kier molecular flexibility index (Phi) is 3.46. The minimum absolute atomic E-state index is 0.00683. The number of thiophene rings is 1. The van der Waals surface area contributed by atoms with E-state index in [-0.39, 0.29) is 11.6 Å². The highest BCUT2D eigenvalue weighted by Crippen LogP contribution is 2.47. The molecule has 0 saturated carbocycles. The highest BCUT2D eigenvalue weighted by molar-refractivity contribution is 7.22. The largest absolute Gasteiger partial charge is 0.491 e. The van der Waals surface area contributed by atoms with Gasteiger partial charge in [0.1, 0.15) is 10.4 Å². The highest BCUT2D eigenvalue weighted by atomic mass is 32.1. The maximum Gasteiger partial charge on any atom is 0.266 e. The van der Waals surface area contributed by atoms with Crippen LogP contribution in [0.2, 0.25) is 0 Å². The number of nitrogens with zero attached hydrogens (tertiary/aromatic N) is 2. The summed E-state index contributed by atoms with van der Waals surface area (Å²) in [6.45, 7) is 5.08. The lowest BCUT2D eigenvalue weighted by atomic mass is 9.97. The third kappa shape index (κ3) is 2.26. The van der Waals surface area contributed by atoms with Gasteiger partial charge in [-0.25, -0.2) is 0 Å². The van der Waals surface area contributed by atoms with Gasteiger partial charge in [-0.05, 0) is 31.7 Å². The summed E-state index contributed by atoms with van der Waals surface area (Å²) in [5, 5.41) is 7.92. The van der Waals surface area contributed by atoms with Crippen LogP contribution in [0.3, 0.4) is 0 Å². The number of rotatable bonds is 3. The number of H-pyrrole nitrogens is 2. The monoisotopic (exact) mass is 356 g/mol. The molecule has 2 aliphatic heterocycles. The SMILES string of the molecule is C[C@@H](c1[nH]c(=O)c2sc(-c3cn[nH]c3)c3c2c1CCCO3)N1CCC1. The first-order valence-electron chi connectivity index (χ1n) is 8.81. The molecule has 2 N–H and O–H groups in total. The second kappa shape index (κ2) is 5.71. The van der Waals surface area contributed by atoms with Crippen molar-refractivity contribution in [3.8, 4) is 16.2 Å². The van der Waals surface area contributed by atoms with Crippen molar-refractivity contribution in [2.24, 2.45) is 0 Å². The summed E-state index contributed by atoms with van der Waals surface area (Å²) < 4.78 is 6.87. The quantitative estimate of drug-likeness (QED) is 0.756. The van der Waals surface area contributed by atoms with Crippen LogP contribution >= 0.6 is 11.3 Å². The fourth-order valence-corrected chi connectivity index (χ4v) is 5.04. The summed E-state index contributed by atoms with van der Waals surface area (Å²) in [6, 6.07) is 0.240. The summed E-state index contributed by atoms with van der Waals surface area (Å²) >= 11 is 1.50. The minimum atomic E-state index is -0.00683. The van der Waals surface area contributed by atoms with Gasteiger partial charge in [-0.15, -0.1) is 11.3 Å². The molecule has 25 heavy (non-hydrogen) atoms. The molecule has 1 saturated heterocycles. The molecule has 3 aromatic heterocycles. The van der Waals surface area contributed by atoms with Crippen molar-refractivity contribution in [3.63, 3.8) is 0 Å². The number of aromatic nitrogens is 3. The third-order valence-corrected chi connectivity index (χ3v) is 6.60. The third-order valence-electron chi connectivity index (χ3n) is 5.38. The Morgan fingerprint density at radius 2 is 2.24 bits per heavy atom. The molecule has 0 aromatic carbocycles. The molecular weight excluding hydrogens is 336 g/mol. The number of hydrogen-bond acceptors (Lipinski definition) is 5. The molecule has 7 heteroatoms. The van der Waals surface area contributed by atoms with Gasteiger partial charge in [0.05, 0.1) is 17.7 Å². The lowest BCUT2D eigenvalue weighted by molar-refractivity contribution is 0.125. The van der Waals surface area contributed by atoms with Crippen LogP contribution in [0.1, 0.15) is 37.1 Å². The van der Waals surface area contributed by atoms with Crippen LogP contribution < -0.4 is 10.3 Å². The Balaban J connectivity index is 1.78. The zero-order valence-corrected chi connectivity index (χ0v) is 14.9. The molecule has 6 nitrogen and oxygen atoms in total. The molecular formula is C18H20N4O2S. The molecule has 0 amide bonds. The summed E-state index contributed by atoms with van der Waals surface area (Å²) in [6.07, 6.45) is 6.78. The van der Waals surface area contributed by atoms with Gasteiger partial charge in [-0.1, -0.05) is 0 Å². The van der Waals surface area contributed by atoms with Crippen LogP contribution in [-0.4, -0.2) is 39.8 Å². The fourth-order valence-electron chi connectivity index (χ4n) is 3.89. The van der Waals surface area contributed by atoms with Crippen molar-refractivity contribution in [2.45, 2.75) is 32.2 Å². The van der Waals surface area contributed by atoms with E-state index in [2.05, 4.69) is 27.0 Å². The van der Waals surface area contributed by atoms with Crippen molar-refractivity contribution in [1.29, 1.82) is 0 Å². The molecule has 0 bridgehead atoms. The number of aromatic amines is 2. The van der Waals surface area contributed by atoms with Gasteiger partial charge in [0, 0.05) is 42.0 Å². The Labute approximate surface area is 148 Å². The topological polar surface area (TPSA) is 74.0 Å². The van der Waals surface area contributed by atoms with Gasteiger partial charge >= 0.3 is 0 Å². The van der Waals surface area contributed by atoms with Crippen molar-refractivity contribution in [2.75, 3.05) is 19.7 Å². The predicted octanol–water partition coefficient (Wildman–Crippen LogP) is 3.07. The molecule has 5 rings (SSSR count). The van der Waals surface area contributed by atoms with Crippen molar-refractivity contribution < 1.29 is 4.74 Å². The standard InChI is InChI=1S/C18H20N4O2S/c1-10(22-5-3-6-22)14-12-4-2-7-24-15-13(12)17(18(23)21-14)25-16(15)11-8-19-20-9-11/h8-10H,2-7H2,1H3,(H,19,20)(H,21,23)/t10-/m0/s1. The molecule has 1 fully saturated rings. The molecule has 2 aliphatic rings. The first-order valence-corrected chi connectivity index (χ1v) is 9.63. The predicted molar refractivity (Wildman–Crippen MR) is 98.4 cm³/mol. The average Bonchev–Trinajstić information content (AvgIpc) is 3.14. The van der Waals surface area contributed by atoms with Gasteiger partial charge in [0.25, 0.3) is 5.56 Å². The average molecular weight is 356 g/mol. The van der Waals surface area contributed by atoms with Crippen molar-refractivity contribution in [3.05, 3.63) is 34.0 Å². The van der Waals surface area contributed by atoms with E-state index in [4.69, 9.17) is 4.74 Å². The first-order chi connectivity index (χ1) is 12.2. The summed E-state index contributed by atoms with van der Waals surface area (Å²) in [5.74, 6) is 0.858. The summed E-state index contributed by atoms with van der Waals surface area (Å²) in [5.41, 5.74) is 3.29. The van der Waals surface area contributed by atoms with E-state index in [1.54, 1.807) is 6.20 Å². The Bertz CT molecular complexity index is 985. The Morgan fingerprint density at radius 3 is 2.96 bits per heavy atom. The molecule has 0 spiro atoms. The zero-order valence-electron chi connectivity index (χ0n) is 14.1. The molecule has 0 radical (unpaired) electrons. The van der Waals surface area contributed by atoms with Crippen LogP contribution in [0.15, 0.2) is 17.2 Å². The van der Waals surface area contributed by atoms with Crippen LogP contribution in [0.4, 0.5) is 0 Å². The lowest BCUT2D eigenvalue weighted by Crippen LogP contribution is -2.40. The van der Waals surface area contributed by atoms with Crippen LogP contribution in [0.25, 0.3) is 20.5 Å². The Hall–Kier alpha value is -2.12. The number of nitrogens with one attached hydrogen (secondary N) is 2. The number of hydrogen-bond donors (Lipinski definition) is 2. The molecule has 130 valence electrons. The van der Waals surface area contributed by atoms with E-state index < -0.39 is 0 Å². The molecule has 3 aromatic rings. The fraction of sp³-hybridized carbons (Fsp3) is 0.444. The number of likely N-dealkylation sites (tertiary alicyclic amines) is 1. The van der Waals surface area contributed by atoms with E-state index >= 15 is 0 Å². The van der Waals surface area contributed by atoms with E-state index in [0.717, 1.165) is 57.9 Å². The minimum Gasteiger partial charge on any atom is -0.491 e. The van der Waals surface area contributed by atoms with E-state index in [1.807, 2.05) is 6.20 Å².